The third-order valence-electron chi connectivity index (χ3n) is 3.13. The van der Waals surface area contributed by atoms with Crippen molar-refractivity contribution in [3.63, 3.8) is 0 Å². The minimum Gasteiger partial charge on any atom is -0.339 e. The molecular weight excluding hydrogens is 271 g/mol. The molecule has 0 bridgehead atoms. The molecule has 0 spiro atoms. The molecule has 1 heterocycles. The highest BCUT2D eigenvalue weighted by Crippen LogP contribution is 2.18. The molecule has 0 radical (unpaired) electrons. The molecule has 1 aliphatic heterocycles. The van der Waals surface area contributed by atoms with E-state index in [0.717, 1.165) is 31.4 Å². The first kappa shape index (κ1) is 14.0. The van der Waals surface area contributed by atoms with Crippen molar-refractivity contribution in [2.75, 3.05) is 13.1 Å². The van der Waals surface area contributed by atoms with Crippen LogP contribution in [-0.2, 0) is 10.0 Å². The second-order valence-corrected chi connectivity index (χ2v) is 6.07. The lowest BCUT2D eigenvalue weighted by atomic mass is 10.1. The number of carbonyl (C=O) groups excluding carboxylic acids is 1. The predicted molar refractivity (Wildman–Crippen MR) is 67.5 cm³/mol. The van der Waals surface area contributed by atoms with Gasteiger partial charge in [-0.05, 0) is 37.5 Å². The summed E-state index contributed by atoms with van der Waals surface area (Å²) in [6.45, 7) is 1.28. The number of hydrogen-bond donors (Lipinski definition) is 1. The largest absolute Gasteiger partial charge is 0.339 e. The van der Waals surface area contributed by atoms with E-state index in [1.54, 1.807) is 4.90 Å². The van der Waals surface area contributed by atoms with Gasteiger partial charge >= 0.3 is 0 Å². The number of likely N-dealkylation sites (tertiary alicyclic amines) is 1. The fourth-order valence-electron chi connectivity index (χ4n) is 2.13. The Morgan fingerprint density at radius 3 is 2.42 bits per heavy atom. The summed E-state index contributed by atoms with van der Waals surface area (Å²) in [7, 11) is -4.17. The topological polar surface area (TPSA) is 80.5 Å². The average molecular weight is 286 g/mol. The van der Waals surface area contributed by atoms with Crippen LogP contribution in [0.25, 0.3) is 0 Å². The van der Waals surface area contributed by atoms with Crippen molar-refractivity contribution in [3.8, 4) is 0 Å². The van der Waals surface area contributed by atoms with E-state index in [4.69, 9.17) is 5.14 Å². The molecule has 1 aromatic carbocycles. The summed E-state index contributed by atoms with van der Waals surface area (Å²) in [4.78, 5) is 13.2. The van der Waals surface area contributed by atoms with Gasteiger partial charge in [-0.15, -0.1) is 0 Å². The second-order valence-electron chi connectivity index (χ2n) is 4.54. The third kappa shape index (κ3) is 3.10. The van der Waals surface area contributed by atoms with Crippen molar-refractivity contribution in [1.29, 1.82) is 0 Å². The maximum Gasteiger partial charge on any atom is 0.253 e. The van der Waals surface area contributed by atoms with Crippen LogP contribution in [0.1, 0.15) is 29.6 Å². The van der Waals surface area contributed by atoms with Gasteiger partial charge in [-0.1, -0.05) is 0 Å². The van der Waals surface area contributed by atoms with Crippen LogP contribution >= 0.6 is 0 Å². The van der Waals surface area contributed by atoms with Crippen LogP contribution in [0.5, 0.6) is 0 Å². The molecule has 0 saturated carbocycles. The van der Waals surface area contributed by atoms with Crippen molar-refractivity contribution in [1.82, 2.24) is 4.90 Å². The highest BCUT2D eigenvalue weighted by atomic mass is 32.2. The molecule has 0 aliphatic carbocycles. The maximum absolute atomic E-state index is 13.4. The highest BCUT2D eigenvalue weighted by Gasteiger charge is 2.21. The van der Waals surface area contributed by atoms with E-state index in [1.165, 1.54) is 6.07 Å². The zero-order valence-electron chi connectivity index (χ0n) is 10.3. The first-order chi connectivity index (χ1) is 8.89. The molecule has 2 N–H and O–H groups in total. The lowest BCUT2D eigenvalue weighted by Crippen LogP contribution is -2.35. The number of benzene rings is 1. The van der Waals surface area contributed by atoms with Crippen LogP contribution in [0.15, 0.2) is 23.1 Å². The van der Waals surface area contributed by atoms with Gasteiger partial charge in [0.05, 0.1) is 0 Å². The molecule has 2 rings (SSSR count). The Morgan fingerprint density at radius 1 is 1.21 bits per heavy atom. The van der Waals surface area contributed by atoms with Gasteiger partial charge in [0.1, 0.15) is 10.7 Å². The Hall–Kier alpha value is -1.47. The second kappa shape index (κ2) is 5.26. The van der Waals surface area contributed by atoms with Crippen LogP contribution in [-0.4, -0.2) is 32.3 Å². The number of carbonyl (C=O) groups is 1. The molecule has 1 saturated heterocycles. The first-order valence-electron chi connectivity index (χ1n) is 6.01. The highest BCUT2D eigenvalue weighted by molar-refractivity contribution is 7.89. The van der Waals surface area contributed by atoms with E-state index in [2.05, 4.69) is 0 Å². The molecule has 1 aromatic rings. The van der Waals surface area contributed by atoms with Gasteiger partial charge in [0.15, 0.2) is 0 Å². The Kier molecular flexibility index (Phi) is 3.86. The summed E-state index contributed by atoms with van der Waals surface area (Å²) >= 11 is 0. The first-order valence-corrected chi connectivity index (χ1v) is 7.56. The van der Waals surface area contributed by atoms with Crippen LogP contribution in [0, 0.1) is 5.82 Å². The molecule has 1 aliphatic rings. The number of amides is 1. The summed E-state index contributed by atoms with van der Waals surface area (Å²) in [6, 6.07) is 3.24. The number of nitrogens with two attached hydrogens (primary N) is 1. The average Bonchev–Trinajstić information content (AvgIpc) is 2.38. The lowest BCUT2D eigenvalue weighted by molar-refractivity contribution is 0.0724. The van der Waals surface area contributed by atoms with Crippen molar-refractivity contribution >= 4 is 15.9 Å². The zero-order valence-corrected chi connectivity index (χ0v) is 11.1. The summed E-state index contributed by atoms with van der Waals surface area (Å²) in [6.07, 6.45) is 2.93. The molecule has 0 aromatic heterocycles. The van der Waals surface area contributed by atoms with E-state index < -0.39 is 20.7 Å². The van der Waals surface area contributed by atoms with E-state index in [9.17, 15) is 17.6 Å². The standard InChI is InChI=1S/C12H15FN2O3S/c13-10-5-4-9(8-11(10)19(14,17)18)12(16)15-6-2-1-3-7-15/h4-5,8H,1-3,6-7H2,(H2,14,17,18). The Labute approximate surface area is 111 Å². The fourth-order valence-corrected chi connectivity index (χ4v) is 2.77. The predicted octanol–water partition coefficient (Wildman–Crippen LogP) is 1.10. The van der Waals surface area contributed by atoms with Crippen molar-refractivity contribution in [2.24, 2.45) is 5.14 Å². The van der Waals surface area contributed by atoms with Gasteiger partial charge in [-0.3, -0.25) is 4.79 Å². The number of primary sulfonamides is 1. The molecule has 104 valence electrons. The number of nitrogens with zero attached hydrogens (tertiary/aromatic N) is 1. The summed E-state index contributed by atoms with van der Waals surface area (Å²) in [5.41, 5.74) is 0.146. The van der Waals surface area contributed by atoms with Crippen LogP contribution in [0.4, 0.5) is 4.39 Å². The summed E-state index contributed by atoms with van der Waals surface area (Å²) in [5.74, 6) is -1.23. The minimum absolute atomic E-state index is 0.146. The summed E-state index contributed by atoms with van der Waals surface area (Å²) in [5, 5.41) is 4.91. The molecule has 7 heteroatoms. The smallest absolute Gasteiger partial charge is 0.253 e. The maximum atomic E-state index is 13.4. The molecule has 0 atom stereocenters. The van der Waals surface area contributed by atoms with Gasteiger partial charge in [0, 0.05) is 18.7 Å². The van der Waals surface area contributed by atoms with Crippen LogP contribution in [0.3, 0.4) is 0 Å². The molecule has 1 fully saturated rings. The van der Waals surface area contributed by atoms with Crippen molar-refractivity contribution < 1.29 is 17.6 Å². The number of rotatable bonds is 2. The van der Waals surface area contributed by atoms with Crippen LogP contribution < -0.4 is 5.14 Å². The third-order valence-corrected chi connectivity index (χ3v) is 4.05. The Bertz CT molecular complexity index is 595. The number of halogens is 1. The lowest BCUT2D eigenvalue weighted by Gasteiger charge is -2.26. The van der Waals surface area contributed by atoms with Gasteiger partial charge < -0.3 is 4.90 Å². The molecule has 19 heavy (non-hydrogen) atoms. The van der Waals surface area contributed by atoms with Gasteiger partial charge in [0.2, 0.25) is 10.0 Å². The number of sulfonamides is 1. The normalized spacial score (nSPS) is 16.4. The van der Waals surface area contributed by atoms with Crippen LogP contribution in [0.2, 0.25) is 0 Å². The zero-order chi connectivity index (χ0) is 14.0. The number of hydrogen-bond acceptors (Lipinski definition) is 3. The summed E-state index contributed by atoms with van der Waals surface area (Å²) < 4.78 is 35.8. The van der Waals surface area contributed by atoms with Crippen molar-refractivity contribution in [2.45, 2.75) is 24.2 Å². The van der Waals surface area contributed by atoms with E-state index in [-0.39, 0.29) is 11.5 Å². The van der Waals surface area contributed by atoms with Gasteiger partial charge in [0.25, 0.3) is 5.91 Å². The monoisotopic (exact) mass is 286 g/mol. The fraction of sp³-hybridized carbons (Fsp3) is 0.417. The van der Waals surface area contributed by atoms with E-state index in [1.807, 2.05) is 0 Å². The number of piperidine rings is 1. The molecule has 1 amide bonds. The quantitative estimate of drug-likeness (QED) is 0.884. The Morgan fingerprint density at radius 2 is 1.84 bits per heavy atom. The SMILES string of the molecule is NS(=O)(=O)c1cc(C(=O)N2CCCCC2)ccc1F. The van der Waals surface area contributed by atoms with Gasteiger partial charge in [-0.2, -0.15) is 0 Å². The molecule has 5 nitrogen and oxygen atoms in total. The van der Waals surface area contributed by atoms with E-state index >= 15 is 0 Å². The van der Waals surface area contributed by atoms with E-state index in [0.29, 0.717) is 13.1 Å². The van der Waals surface area contributed by atoms with Crippen molar-refractivity contribution in [3.05, 3.63) is 29.6 Å². The van der Waals surface area contributed by atoms with Gasteiger partial charge in [-0.25, -0.2) is 17.9 Å². The Balaban J connectivity index is 2.33. The minimum atomic E-state index is -4.17. The molecular formula is C12H15FN2O3S. The molecule has 0 unspecified atom stereocenters.